The fraction of sp³-hybridized carbons (Fsp3) is 0.462. The Kier molecular flexibility index (Phi) is 4.11. The standard InChI is InChI=1S/C13H17ClO2/c1-13(2,3)12(16)8-11(15)9-4-6-10(14)7-5-9/h4-7,11,15H,8H2,1-3H3/t11-/m1/s1. The van der Waals surface area contributed by atoms with Gasteiger partial charge < -0.3 is 5.11 Å². The van der Waals surface area contributed by atoms with Gasteiger partial charge in [0, 0.05) is 16.9 Å². The zero-order chi connectivity index (χ0) is 12.3. The minimum absolute atomic E-state index is 0.0509. The Morgan fingerprint density at radius 2 is 1.81 bits per heavy atom. The maximum Gasteiger partial charge on any atom is 0.141 e. The highest BCUT2D eigenvalue weighted by molar-refractivity contribution is 6.30. The molecule has 1 atom stereocenters. The van der Waals surface area contributed by atoms with Crippen molar-refractivity contribution >= 4 is 17.4 Å². The third-order valence-corrected chi connectivity index (χ3v) is 2.72. The molecule has 16 heavy (non-hydrogen) atoms. The predicted molar refractivity (Wildman–Crippen MR) is 65.5 cm³/mol. The molecule has 1 rings (SSSR count). The van der Waals surface area contributed by atoms with Gasteiger partial charge in [0.15, 0.2) is 0 Å². The number of hydrogen-bond acceptors (Lipinski definition) is 2. The Balaban J connectivity index is 2.69. The van der Waals surface area contributed by atoms with Gasteiger partial charge in [0.2, 0.25) is 0 Å². The summed E-state index contributed by atoms with van der Waals surface area (Å²) in [6.45, 7) is 5.55. The topological polar surface area (TPSA) is 37.3 Å². The molecule has 1 aromatic rings. The molecule has 0 aromatic heterocycles. The summed E-state index contributed by atoms with van der Waals surface area (Å²) >= 11 is 5.75. The van der Waals surface area contributed by atoms with E-state index in [-0.39, 0.29) is 12.2 Å². The molecule has 0 bridgehead atoms. The predicted octanol–water partition coefficient (Wildman–Crippen LogP) is 3.38. The van der Waals surface area contributed by atoms with Crippen molar-refractivity contribution in [2.75, 3.05) is 0 Å². The van der Waals surface area contributed by atoms with E-state index in [1.807, 2.05) is 20.8 Å². The molecule has 0 fully saturated rings. The van der Waals surface area contributed by atoms with E-state index >= 15 is 0 Å². The second-order valence-electron chi connectivity index (χ2n) is 4.94. The molecule has 0 heterocycles. The van der Waals surface area contributed by atoms with Crippen molar-refractivity contribution in [3.8, 4) is 0 Å². The average molecular weight is 241 g/mol. The van der Waals surface area contributed by atoms with Crippen LogP contribution in [0.25, 0.3) is 0 Å². The van der Waals surface area contributed by atoms with Crippen LogP contribution >= 0.6 is 11.6 Å². The van der Waals surface area contributed by atoms with Crippen molar-refractivity contribution in [3.63, 3.8) is 0 Å². The lowest BCUT2D eigenvalue weighted by Crippen LogP contribution is -2.22. The summed E-state index contributed by atoms with van der Waals surface area (Å²) in [5.74, 6) is 0.0509. The van der Waals surface area contributed by atoms with Crippen molar-refractivity contribution in [2.45, 2.75) is 33.3 Å². The van der Waals surface area contributed by atoms with Gasteiger partial charge in [-0.25, -0.2) is 0 Å². The van der Waals surface area contributed by atoms with Crippen LogP contribution in [0.3, 0.4) is 0 Å². The fourth-order valence-corrected chi connectivity index (χ4v) is 1.41. The lowest BCUT2D eigenvalue weighted by atomic mass is 9.86. The van der Waals surface area contributed by atoms with Crippen LogP contribution in [0.4, 0.5) is 0 Å². The van der Waals surface area contributed by atoms with Crippen LogP contribution in [0.2, 0.25) is 5.02 Å². The Hall–Kier alpha value is -0.860. The van der Waals surface area contributed by atoms with Gasteiger partial charge in [-0.2, -0.15) is 0 Å². The molecule has 0 saturated heterocycles. The van der Waals surface area contributed by atoms with Gasteiger partial charge in [-0.05, 0) is 17.7 Å². The van der Waals surface area contributed by atoms with Crippen LogP contribution in [0.5, 0.6) is 0 Å². The summed E-state index contributed by atoms with van der Waals surface area (Å²) in [6, 6.07) is 6.90. The number of aliphatic hydroxyl groups is 1. The van der Waals surface area contributed by atoms with Crippen LogP contribution in [0.1, 0.15) is 38.9 Å². The van der Waals surface area contributed by atoms with E-state index in [0.29, 0.717) is 5.02 Å². The third kappa shape index (κ3) is 3.62. The first kappa shape index (κ1) is 13.2. The number of halogens is 1. The van der Waals surface area contributed by atoms with Crippen molar-refractivity contribution in [1.82, 2.24) is 0 Å². The monoisotopic (exact) mass is 240 g/mol. The van der Waals surface area contributed by atoms with E-state index in [1.165, 1.54) is 0 Å². The first-order chi connectivity index (χ1) is 7.30. The Bertz CT molecular complexity index is 363. The summed E-state index contributed by atoms with van der Waals surface area (Å²) < 4.78 is 0. The van der Waals surface area contributed by atoms with Gasteiger partial charge >= 0.3 is 0 Å². The van der Waals surface area contributed by atoms with Gasteiger partial charge in [0.1, 0.15) is 5.78 Å². The molecule has 3 heteroatoms. The molecule has 0 aliphatic carbocycles. The van der Waals surface area contributed by atoms with E-state index in [2.05, 4.69) is 0 Å². The molecule has 0 aliphatic heterocycles. The first-order valence-electron chi connectivity index (χ1n) is 5.27. The van der Waals surface area contributed by atoms with E-state index in [1.54, 1.807) is 24.3 Å². The third-order valence-electron chi connectivity index (χ3n) is 2.47. The van der Waals surface area contributed by atoms with Gasteiger partial charge in [-0.3, -0.25) is 4.79 Å². The summed E-state index contributed by atoms with van der Waals surface area (Å²) in [4.78, 5) is 11.7. The van der Waals surface area contributed by atoms with E-state index in [9.17, 15) is 9.90 Å². The second kappa shape index (κ2) is 4.98. The van der Waals surface area contributed by atoms with Gasteiger partial charge in [0.25, 0.3) is 0 Å². The largest absolute Gasteiger partial charge is 0.388 e. The Morgan fingerprint density at radius 1 is 1.31 bits per heavy atom. The van der Waals surface area contributed by atoms with Gasteiger partial charge in [-0.15, -0.1) is 0 Å². The molecular weight excluding hydrogens is 224 g/mol. The van der Waals surface area contributed by atoms with E-state index in [0.717, 1.165) is 5.56 Å². The van der Waals surface area contributed by atoms with Crippen molar-refractivity contribution in [1.29, 1.82) is 0 Å². The molecule has 88 valence electrons. The number of rotatable bonds is 3. The molecule has 0 unspecified atom stereocenters. The molecule has 0 saturated carbocycles. The molecule has 0 radical (unpaired) electrons. The van der Waals surface area contributed by atoms with Gasteiger partial charge in [-0.1, -0.05) is 44.5 Å². The van der Waals surface area contributed by atoms with Gasteiger partial charge in [0.05, 0.1) is 6.10 Å². The highest BCUT2D eigenvalue weighted by Crippen LogP contribution is 2.24. The number of ketones is 1. The maximum atomic E-state index is 11.7. The molecule has 1 aromatic carbocycles. The SMILES string of the molecule is CC(C)(C)C(=O)C[C@@H](O)c1ccc(Cl)cc1. The van der Waals surface area contributed by atoms with Crippen LogP contribution < -0.4 is 0 Å². The molecule has 0 amide bonds. The molecule has 0 spiro atoms. The number of carbonyl (C=O) groups is 1. The minimum Gasteiger partial charge on any atom is -0.388 e. The maximum absolute atomic E-state index is 11.7. The summed E-state index contributed by atoms with van der Waals surface area (Å²) in [5, 5.41) is 10.5. The Labute approximate surface area is 101 Å². The average Bonchev–Trinajstić information content (AvgIpc) is 2.17. The lowest BCUT2D eigenvalue weighted by Gasteiger charge is -2.19. The molecule has 0 aliphatic rings. The van der Waals surface area contributed by atoms with Crippen LogP contribution in [-0.4, -0.2) is 10.9 Å². The minimum atomic E-state index is -0.746. The van der Waals surface area contributed by atoms with Crippen LogP contribution in [0.15, 0.2) is 24.3 Å². The number of aliphatic hydroxyl groups excluding tert-OH is 1. The second-order valence-corrected chi connectivity index (χ2v) is 5.38. The number of carbonyl (C=O) groups excluding carboxylic acids is 1. The fourth-order valence-electron chi connectivity index (χ4n) is 1.28. The van der Waals surface area contributed by atoms with Crippen molar-refractivity contribution < 1.29 is 9.90 Å². The van der Waals surface area contributed by atoms with Crippen LogP contribution in [-0.2, 0) is 4.79 Å². The summed E-state index contributed by atoms with van der Waals surface area (Å²) in [6.07, 6.45) is -0.602. The zero-order valence-corrected chi connectivity index (χ0v) is 10.6. The number of hydrogen-bond donors (Lipinski definition) is 1. The number of Topliss-reactive ketones (excluding diaryl/α,β-unsaturated/α-hetero) is 1. The highest BCUT2D eigenvalue weighted by Gasteiger charge is 2.24. The van der Waals surface area contributed by atoms with Crippen molar-refractivity contribution in [2.24, 2.45) is 5.41 Å². The van der Waals surface area contributed by atoms with Crippen LogP contribution in [0, 0.1) is 5.41 Å². The smallest absolute Gasteiger partial charge is 0.141 e. The number of benzene rings is 1. The summed E-state index contributed by atoms with van der Waals surface area (Å²) in [5.41, 5.74) is 0.315. The first-order valence-corrected chi connectivity index (χ1v) is 5.65. The van der Waals surface area contributed by atoms with Crippen molar-refractivity contribution in [3.05, 3.63) is 34.9 Å². The highest BCUT2D eigenvalue weighted by atomic mass is 35.5. The normalized spacial score (nSPS) is 13.6. The van der Waals surface area contributed by atoms with E-state index in [4.69, 9.17) is 11.6 Å². The quantitative estimate of drug-likeness (QED) is 0.880. The molecular formula is C13H17ClO2. The summed E-state index contributed by atoms with van der Waals surface area (Å²) in [7, 11) is 0. The van der Waals surface area contributed by atoms with E-state index < -0.39 is 11.5 Å². The zero-order valence-electron chi connectivity index (χ0n) is 9.83. The Morgan fingerprint density at radius 3 is 2.25 bits per heavy atom. The lowest BCUT2D eigenvalue weighted by molar-refractivity contribution is -0.128. The molecule has 2 nitrogen and oxygen atoms in total. The molecule has 1 N–H and O–H groups in total.